The summed E-state index contributed by atoms with van der Waals surface area (Å²) in [6.07, 6.45) is 5.39. The number of fused-ring (bicyclic) bond motifs is 1. The SMILES string of the molecule is N=C(N)c1ccnc(N2CCn3ccnc3C2)n1. The Morgan fingerprint density at radius 3 is 3.00 bits per heavy atom. The Labute approximate surface area is 104 Å². The van der Waals surface area contributed by atoms with E-state index in [2.05, 4.69) is 19.5 Å². The van der Waals surface area contributed by atoms with E-state index in [9.17, 15) is 0 Å². The quantitative estimate of drug-likeness (QED) is 0.570. The highest BCUT2D eigenvalue weighted by Gasteiger charge is 2.19. The van der Waals surface area contributed by atoms with Gasteiger partial charge >= 0.3 is 0 Å². The van der Waals surface area contributed by atoms with Gasteiger partial charge in [-0.1, -0.05) is 0 Å². The van der Waals surface area contributed by atoms with E-state index in [0.717, 1.165) is 18.9 Å². The van der Waals surface area contributed by atoms with Crippen LogP contribution < -0.4 is 10.6 Å². The van der Waals surface area contributed by atoms with E-state index in [0.29, 0.717) is 18.2 Å². The first-order valence-corrected chi connectivity index (χ1v) is 5.66. The van der Waals surface area contributed by atoms with Crippen LogP contribution in [0.2, 0.25) is 0 Å². The second-order valence-electron chi connectivity index (χ2n) is 4.11. The molecule has 0 aliphatic carbocycles. The second-order valence-corrected chi connectivity index (χ2v) is 4.11. The summed E-state index contributed by atoms with van der Waals surface area (Å²) >= 11 is 0. The van der Waals surface area contributed by atoms with Crippen LogP contribution in [0.25, 0.3) is 0 Å². The first-order valence-electron chi connectivity index (χ1n) is 5.66. The summed E-state index contributed by atoms with van der Waals surface area (Å²) in [7, 11) is 0. The Kier molecular flexibility index (Phi) is 2.44. The summed E-state index contributed by atoms with van der Waals surface area (Å²) in [5, 5.41) is 7.39. The molecule has 0 aromatic carbocycles. The number of nitrogens with two attached hydrogens (primary N) is 1. The third-order valence-corrected chi connectivity index (χ3v) is 2.95. The zero-order valence-electron chi connectivity index (χ0n) is 9.74. The van der Waals surface area contributed by atoms with E-state index in [-0.39, 0.29) is 5.84 Å². The molecule has 0 atom stereocenters. The maximum atomic E-state index is 7.39. The van der Waals surface area contributed by atoms with Crippen molar-refractivity contribution in [2.24, 2.45) is 5.73 Å². The van der Waals surface area contributed by atoms with Crippen LogP contribution >= 0.6 is 0 Å². The van der Waals surface area contributed by atoms with Gasteiger partial charge in [-0.15, -0.1) is 0 Å². The van der Waals surface area contributed by atoms with Crippen molar-refractivity contribution >= 4 is 11.8 Å². The molecular weight excluding hydrogens is 230 g/mol. The van der Waals surface area contributed by atoms with Gasteiger partial charge in [0.25, 0.3) is 0 Å². The van der Waals surface area contributed by atoms with Crippen molar-refractivity contribution in [3.63, 3.8) is 0 Å². The standard InChI is InChI=1S/C11H13N7/c12-10(13)8-1-2-15-11(16-8)18-6-5-17-4-3-14-9(17)7-18/h1-4H,5-7H2,(H3,12,13). The van der Waals surface area contributed by atoms with Crippen molar-refractivity contribution in [2.75, 3.05) is 11.4 Å². The molecule has 1 aliphatic heterocycles. The number of rotatable bonds is 2. The molecular formula is C11H13N7. The van der Waals surface area contributed by atoms with E-state index in [1.807, 2.05) is 11.1 Å². The largest absolute Gasteiger partial charge is 0.382 e. The molecule has 3 N–H and O–H groups in total. The Balaban J connectivity index is 1.88. The summed E-state index contributed by atoms with van der Waals surface area (Å²) in [6.45, 7) is 2.36. The van der Waals surface area contributed by atoms with Gasteiger partial charge in [-0.2, -0.15) is 0 Å². The number of hydrogen-bond acceptors (Lipinski definition) is 5. The second kappa shape index (κ2) is 4.10. The third kappa shape index (κ3) is 1.79. The van der Waals surface area contributed by atoms with Crippen LogP contribution in [0.1, 0.15) is 11.5 Å². The number of nitrogens with one attached hydrogen (secondary N) is 1. The van der Waals surface area contributed by atoms with E-state index >= 15 is 0 Å². The molecule has 3 heterocycles. The van der Waals surface area contributed by atoms with Gasteiger partial charge in [0.1, 0.15) is 17.4 Å². The van der Waals surface area contributed by atoms with Crippen LogP contribution in [0.4, 0.5) is 5.95 Å². The number of imidazole rings is 1. The average Bonchev–Trinajstić information content (AvgIpc) is 2.86. The van der Waals surface area contributed by atoms with Gasteiger partial charge in [0.15, 0.2) is 0 Å². The molecule has 0 bridgehead atoms. The van der Waals surface area contributed by atoms with Crippen LogP contribution in [0.15, 0.2) is 24.7 Å². The van der Waals surface area contributed by atoms with Crippen LogP contribution in [-0.4, -0.2) is 31.9 Å². The molecule has 0 unspecified atom stereocenters. The Hall–Kier alpha value is -2.44. The molecule has 0 radical (unpaired) electrons. The summed E-state index contributed by atoms with van der Waals surface area (Å²) in [5.41, 5.74) is 5.88. The maximum absolute atomic E-state index is 7.39. The average molecular weight is 243 g/mol. The predicted octanol–water partition coefficient (Wildman–Crippen LogP) is -0.0226. The molecule has 2 aromatic heterocycles. The molecule has 18 heavy (non-hydrogen) atoms. The Morgan fingerprint density at radius 1 is 1.28 bits per heavy atom. The molecule has 0 fully saturated rings. The van der Waals surface area contributed by atoms with Gasteiger partial charge in [0, 0.05) is 31.7 Å². The fraction of sp³-hybridized carbons (Fsp3) is 0.273. The topological polar surface area (TPSA) is 96.7 Å². The lowest BCUT2D eigenvalue weighted by Crippen LogP contribution is -2.35. The molecule has 7 nitrogen and oxygen atoms in total. The molecule has 92 valence electrons. The minimum absolute atomic E-state index is 0.0443. The number of nitrogens with zero attached hydrogens (tertiary/aromatic N) is 5. The van der Waals surface area contributed by atoms with E-state index in [1.54, 1.807) is 18.5 Å². The monoisotopic (exact) mass is 243 g/mol. The third-order valence-electron chi connectivity index (χ3n) is 2.95. The first kappa shape index (κ1) is 10.7. The van der Waals surface area contributed by atoms with E-state index in [1.165, 1.54) is 0 Å². The fourth-order valence-corrected chi connectivity index (χ4v) is 1.99. The first-order chi connectivity index (χ1) is 8.74. The smallest absolute Gasteiger partial charge is 0.226 e. The van der Waals surface area contributed by atoms with Crippen molar-refractivity contribution in [1.29, 1.82) is 5.41 Å². The lowest BCUT2D eigenvalue weighted by molar-refractivity contribution is 0.551. The van der Waals surface area contributed by atoms with Gasteiger partial charge in [-0.25, -0.2) is 15.0 Å². The van der Waals surface area contributed by atoms with Gasteiger partial charge in [0.2, 0.25) is 5.95 Å². The minimum Gasteiger partial charge on any atom is -0.382 e. The minimum atomic E-state index is -0.0443. The highest BCUT2D eigenvalue weighted by Crippen LogP contribution is 2.15. The van der Waals surface area contributed by atoms with Crippen LogP contribution in [0, 0.1) is 5.41 Å². The van der Waals surface area contributed by atoms with Crippen molar-refractivity contribution in [3.05, 3.63) is 36.2 Å². The lowest BCUT2D eigenvalue weighted by atomic mass is 10.3. The van der Waals surface area contributed by atoms with Crippen molar-refractivity contribution in [2.45, 2.75) is 13.1 Å². The zero-order chi connectivity index (χ0) is 12.5. The highest BCUT2D eigenvalue weighted by molar-refractivity contribution is 5.93. The molecule has 3 rings (SSSR count). The maximum Gasteiger partial charge on any atom is 0.226 e. The van der Waals surface area contributed by atoms with Crippen molar-refractivity contribution < 1.29 is 0 Å². The molecule has 0 saturated carbocycles. The van der Waals surface area contributed by atoms with E-state index < -0.39 is 0 Å². The number of amidine groups is 1. The summed E-state index contributed by atoms with van der Waals surface area (Å²) in [5.74, 6) is 1.55. The highest BCUT2D eigenvalue weighted by atomic mass is 15.3. The van der Waals surface area contributed by atoms with Crippen LogP contribution in [0.3, 0.4) is 0 Å². The molecule has 0 amide bonds. The molecule has 7 heteroatoms. The molecule has 1 aliphatic rings. The Bertz CT molecular complexity index is 589. The van der Waals surface area contributed by atoms with Crippen molar-refractivity contribution in [3.8, 4) is 0 Å². The lowest BCUT2D eigenvalue weighted by Gasteiger charge is -2.27. The normalized spacial score (nSPS) is 14.3. The van der Waals surface area contributed by atoms with E-state index in [4.69, 9.17) is 11.1 Å². The van der Waals surface area contributed by atoms with Gasteiger partial charge in [-0.3, -0.25) is 5.41 Å². The number of nitrogen functional groups attached to an aromatic ring is 1. The Morgan fingerprint density at radius 2 is 2.17 bits per heavy atom. The van der Waals surface area contributed by atoms with Crippen molar-refractivity contribution in [1.82, 2.24) is 19.5 Å². The van der Waals surface area contributed by atoms with Gasteiger partial charge < -0.3 is 15.2 Å². The van der Waals surface area contributed by atoms with Gasteiger partial charge in [0.05, 0.1) is 6.54 Å². The number of hydrogen-bond donors (Lipinski definition) is 2. The predicted molar refractivity (Wildman–Crippen MR) is 66.3 cm³/mol. The molecule has 0 spiro atoms. The summed E-state index contributed by atoms with van der Waals surface area (Å²) in [6, 6.07) is 1.64. The number of aromatic nitrogens is 4. The fourth-order valence-electron chi connectivity index (χ4n) is 1.99. The zero-order valence-corrected chi connectivity index (χ0v) is 9.74. The summed E-state index contributed by atoms with van der Waals surface area (Å²) in [4.78, 5) is 14.8. The summed E-state index contributed by atoms with van der Waals surface area (Å²) < 4.78 is 2.12. The number of anilines is 1. The van der Waals surface area contributed by atoms with Crippen LogP contribution in [-0.2, 0) is 13.1 Å². The molecule has 0 saturated heterocycles. The molecule has 2 aromatic rings. The van der Waals surface area contributed by atoms with Crippen LogP contribution in [0.5, 0.6) is 0 Å². The van der Waals surface area contributed by atoms with Gasteiger partial charge in [-0.05, 0) is 6.07 Å².